The second kappa shape index (κ2) is 50.9. The Morgan fingerprint density at radius 3 is 0.683 bits per heavy atom. The molecule has 0 spiro atoms. The van der Waals surface area contributed by atoms with E-state index < -0.39 is 0 Å². The summed E-state index contributed by atoms with van der Waals surface area (Å²) in [5.41, 5.74) is 3.12. The summed E-state index contributed by atoms with van der Waals surface area (Å²) in [6, 6.07) is 10.4. The maximum atomic E-state index is 3.62. The normalized spacial score (nSPS) is 11.6. The zero-order valence-electron chi connectivity index (χ0n) is 42.0. The first-order valence-electron chi connectivity index (χ1n) is 28.9. The average Bonchev–Trinajstić information content (AvgIpc) is 3.26. The lowest BCUT2D eigenvalue weighted by molar-refractivity contribution is 0.516. The van der Waals surface area contributed by atoms with Gasteiger partial charge in [0.15, 0.2) is 0 Å². The number of benzene rings is 1. The van der Waals surface area contributed by atoms with Gasteiger partial charge in [0.2, 0.25) is 0 Å². The van der Waals surface area contributed by atoms with E-state index in [2.05, 4.69) is 38.1 Å². The van der Waals surface area contributed by atoms with E-state index in [1.807, 2.05) is 0 Å². The molecule has 0 amide bonds. The minimum atomic E-state index is 1.24. The molecule has 0 aliphatic rings. The van der Waals surface area contributed by atoms with Crippen LogP contribution in [0.1, 0.15) is 346 Å². The lowest BCUT2D eigenvalue weighted by Crippen LogP contribution is -1.96. The molecule has 0 N–H and O–H groups in total. The third-order valence-electron chi connectivity index (χ3n) is 14.1. The minimum Gasteiger partial charge on any atom is -0.0654 e. The van der Waals surface area contributed by atoms with Crippen LogP contribution < -0.4 is 0 Å². The fourth-order valence-electron chi connectivity index (χ4n) is 9.87. The molecular weight excluding hydrogens is 721 g/mol. The minimum absolute atomic E-state index is 1.24. The molecule has 0 heteroatoms. The Kier molecular flexibility index (Phi) is 48.5. The van der Waals surface area contributed by atoms with Crippen molar-refractivity contribution in [3.05, 3.63) is 35.4 Å². The molecule has 60 heavy (non-hydrogen) atoms. The van der Waals surface area contributed by atoms with Gasteiger partial charge in [-0.3, -0.25) is 0 Å². The molecule has 0 fully saturated rings. The van der Waals surface area contributed by atoms with E-state index in [-0.39, 0.29) is 0 Å². The van der Waals surface area contributed by atoms with E-state index in [9.17, 15) is 0 Å². The first-order valence-corrected chi connectivity index (χ1v) is 28.9. The Labute approximate surface area is 381 Å². The highest BCUT2D eigenvalue weighted by Gasteiger charge is 2.04. The molecule has 1 radical (unpaired) electrons. The summed E-state index contributed by atoms with van der Waals surface area (Å²) >= 11 is 0. The van der Waals surface area contributed by atoms with Crippen LogP contribution in [-0.2, 0) is 12.8 Å². The van der Waals surface area contributed by atoms with Gasteiger partial charge in [-0.05, 0) is 42.9 Å². The fourth-order valence-corrected chi connectivity index (χ4v) is 9.87. The maximum Gasteiger partial charge on any atom is -0.0146 e. The number of rotatable bonds is 52. The zero-order chi connectivity index (χ0) is 42.8. The summed E-state index contributed by atoms with van der Waals surface area (Å²) in [5, 5.41) is 0. The van der Waals surface area contributed by atoms with Crippen molar-refractivity contribution in [1.82, 2.24) is 0 Å². The van der Waals surface area contributed by atoms with Crippen molar-refractivity contribution in [2.75, 3.05) is 0 Å². The molecule has 0 aliphatic carbocycles. The molecule has 0 aliphatic heterocycles. The molecule has 0 aromatic heterocycles. The molecule has 0 nitrogen and oxygen atoms in total. The molecule has 1 aromatic rings. The summed E-state index contributed by atoms with van der Waals surface area (Å²) in [7, 11) is 0. The largest absolute Gasteiger partial charge is 0.0654 e. The fraction of sp³-hybridized carbons (Fsp3) is 0.900. The smallest absolute Gasteiger partial charge is 0.0146 e. The monoisotopic (exact) mass is 834 g/mol. The molecule has 1 rings (SSSR count). The summed E-state index contributed by atoms with van der Waals surface area (Å²) in [6.07, 6.45) is 75.7. The van der Waals surface area contributed by atoms with Crippen molar-refractivity contribution in [2.24, 2.45) is 0 Å². The van der Waals surface area contributed by atoms with E-state index in [0.717, 1.165) is 0 Å². The quantitative estimate of drug-likeness (QED) is 0.0574. The Morgan fingerprint density at radius 2 is 0.450 bits per heavy atom. The lowest BCUT2D eigenvalue weighted by Gasteiger charge is -2.09. The van der Waals surface area contributed by atoms with Gasteiger partial charge in [0.05, 0.1) is 0 Å². The second-order valence-corrected chi connectivity index (χ2v) is 20.1. The molecule has 0 saturated heterocycles. The van der Waals surface area contributed by atoms with Crippen molar-refractivity contribution in [1.29, 1.82) is 0 Å². The number of unbranched alkanes of at least 4 members (excludes halogenated alkanes) is 48. The summed E-state index contributed by atoms with van der Waals surface area (Å²) < 4.78 is 0. The highest BCUT2D eigenvalue weighted by molar-refractivity contribution is 5.26. The lowest BCUT2D eigenvalue weighted by atomic mass is 9.96. The maximum absolute atomic E-state index is 3.62. The van der Waals surface area contributed by atoms with E-state index >= 15 is 0 Å². The van der Waals surface area contributed by atoms with E-state index in [0.29, 0.717) is 0 Å². The van der Waals surface area contributed by atoms with Gasteiger partial charge in [0.25, 0.3) is 0 Å². The van der Waals surface area contributed by atoms with Crippen LogP contribution in [0.25, 0.3) is 0 Å². The molecule has 353 valence electrons. The van der Waals surface area contributed by atoms with Crippen LogP contribution in [0.4, 0.5) is 0 Å². The number of hydrogen-bond donors (Lipinski definition) is 0. The predicted octanol–water partition coefficient (Wildman–Crippen LogP) is 22.1. The molecule has 0 atom stereocenters. The van der Waals surface area contributed by atoms with Gasteiger partial charge in [-0.25, -0.2) is 0 Å². The molecule has 0 heterocycles. The Bertz CT molecular complexity index is 826. The standard InChI is InChI=1S/C60H113/c1-3-5-7-9-11-13-15-17-19-21-23-25-27-29-31-33-35-37-39-41-43-45-47-49-51-55-59-57-53-54-58-60(59)56-52-50-48-46-44-42-40-38-36-34-32-30-28-26-24-22-20-18-16-14-12-10-8-6-4-2/h53-54,57H,3-52,55-56H2,1-2H3. The molecule has 0 saturated carbocycles. The number of hydrogen-bond acceptors (Lipinski definition) is 0. The highest BCUT2D eigenvalue weighted by atomic mass is 14.1. The van der Waals surface area contributed by atoms with Crippen molar-refractivity contribution in [3.8, 4) is 0 Å². The topological polar surface area (TPSA) is 0 Å². The SMILES string of the molecule is CCCCCCCCCCCCCCCCCCCCCCCCCCCc1[c]cccc1CCCCCCCCCCCCCCCCCCCCCCCCCCC. The third-order valence-corrected chi connectivity index (χ3v) is 14.1. The Hall–Kier alpha value is -0.780. The van der Waals surface area contributed by atoms with Crippen LogP contribution in [0.5, 0.6) is 0 Å². The van der Waals surface area contributed by atoms with Crippen LogP contribution in [0.3, 0.4) is 0 Å². The summed E-state index contributed by atoms with van der Waals surface area (Å²) in [4.78, 5) is 0. The molecule has 1 aromatic carbocycles. The van der Waals surface area contributed by atoms with Crippen LogP contribution >= 0.6 is 0 Å². The Morgan fingerprint density at radius 1 is 0.250 bits per heavy atom. The van der Waals surface area contributed by atoms with Crippen molar-refractivity contribution >= 4 is 0 Å². The van der Waals surface area contributed by atoms with Crippen LogP contribution in [0.15, 0.2) is 18.2 Å². The zero-order valence-corrected chi connectivity index (χ0v) is 42.0. The molecular formula is C60H113. The van der Waals surface area contributed by atoms with E-state index in [1.54, 1.807) is 5.56 Å². The van der Waals surface area contributed by atoms with Crippen LogP contribution in [0, 0.1) is 6.07 Å². The highest BCUT2D eigenvalue weighted by Crippen LogP contribution is 2.20. The summed E-state index contributed by atoms with van der Waals surface area (Å²) in [5.74, 6) is 0. The first-order chi connectivity index (χ1) is 29.9. The molecule has 0 bridgehead atoms. The van der Waals surface area contributed by atoms with Gasteiger partial charge in [-0.2, -0.15) is 0 Å². The average molecular weight is 835 g/mol. The van der Waals surface area contributed by atoms with Crippen LogP contribution in [0.2, 0.25) is 0 Å². The third kappa shape index (κ3) is 43.9. The Balaban J connectivity index is 1.78. The van der Waals surface area contributed by atoms with Gasteiger partial charge in [-0.15, -0.1) is 0 Å². The van der Waals surface area contributed by atoms with E-state index in [4.69, 9.17) is 0 Å². The van der Waals surface area contributed by atoms with E-state index in [1.165, 1.54) is 339 Å². The predicted molar refractivity (Wildman–Crippen MR) is 275 cm³/mol. The van der Waals surface area contributed by atoms with Gasteiger partial charge in [0, 0.05) is 0 Å². The van der Waals surface area contributed by atoms with Crippen molar-refractivity contribution < 1.29 is 0 Å². The summed E-state index contributed by atoms with van der Waals surface area (Å²) in [6.45, 7) is 4.62. The van der Waals surface area contributed by atoms with Crippen LogP contribution in [-0.4, -0.2) is 0 Å². The second-order valence-electron chi connectivity index (χ2n) is 20.1. The van der Waals surface area contributed by atoms with Gasteiger partial charge >= 0.3 is 0 Å². The first kappa shape index (κ1) is 57.2. The van der Waals surface area contributed by atoms with Crippen molar-refractivity contribution in [3.63, 3.8) is 0 Å². The van der Waals surface area contributed by atoms with Crippen molar-refractivity contribution in [2.45, 2.75) is 348 Å². The van der Waals surface area contributed by atoms with Gasteiger partial charge in [-0.1, -0.05) is 340 Å². The van der Waals surface area contributed by atoms with Gasteiger partial charge in [0.1, 0.15) is 0 Å². The van der Waals surface area contributed by atoms with Gasteiger partial charge < -0.3 is 0 Å². The number of aryl methyl sites for hydroxylation is 2. The molecule has 0 unspecified atom stereocenters.